The number of carbonyl (C=O) groups excluding carboxylic acids is 2. The third-order valence-corrected chi connectivity index (χ3v) is 3.70. The number of aliphatic carboxylic acids is 1. The number of hydrogen-bond acceptors (Lipinski definition) is 7. The molecule has 1 rings (SSSR count). The van der Waals surface area contributed by atoms with Crippen molar-refractivity contribution in [1.29, 1.82) is 0 Å². The molecule has 110 valence electrons. The van der Waals surface area contributed by atoms with Gasteiger partial charge < -0.3 is 20.1 Å². The van der Waals surface area contributed by atoms with Crippen LogP contribution in [0.5, 0.6) is 0 Å². The highest BCUT2D eigenvalue weighted by Gasteiger charge is 2.28. The summed E-state index contributed by atoms with van der Waals surface area (Å²) in [6.07, 6.45) is -3.65. The maximum absolute atomic E-state index is 11.7. The second kappa shape index (κ2) is 7.13. The van der Waals surface area contributed by atoms with Gasteiger partial charge in [0, 0.05) is 11.3 Å². The fourth-order valence-corrected chi connectivity index (χ4v) is 2.40. The monoisotopic (exact) mass is 302 g/mol. The van der Waals surface area contributed by atoms with E-state index in [2.05, 4.69) is 4.74 Å². The number of ketones is 1. The highest BCUT2D eigenvalue weighted by atomic mass is 32.1. The predicted molar refractivity (Wildman–Crippen MR) is 68.5 cm³/mol. The Morgan fingerprint density at radius 2 is 1.90 bits per heavy atom. The molecule has 2 atom stereocenters. The first-order chi connectivity index (χ1) is 9.36. The van der Waals surface area contributed by atoms with Gasteiger partial charge in [-0.05, 0) is 12.1 Å². The number of aliphatic hydroxyl groups excluding tert-OH is 2. The van der Waals surface area contributed by atoms with Crippen molar-refractivity contribution in [2.45, 2.75) is 25.0 Å². The zero-order chi connectivity index (χ0) is 15.3. The molecule has 1 aromatic rings. The van der Waals surface area contributed by atoms with E-state index < -0.39 is 24.1 Å². The van der Waals surface area contributed by atoms with Gasteiger partial charge in [0.05, 0.1) is 18.4 Å². The molecule has 0 bridgehead atoms. The number of Topliss-reactive ketones (excluding diaryl/α,β-unsaturated/α-hetero) is 1. The van der Waals surface area contributed by atoms with Crippen molar-refractivity contribution < 1.29 is 34.4 Å². The first-order valence-electron chi connectivity index (χ1n) is 5.65. The van der Waals surface area contributed by atoms with Crippen LogP contribution in [-0.4, -0.2) is 46.3 Å². The number of hydrogen-bond donors (Lipinski definition) is 3. The Balaban J connectivity index is 2.73. The smallest absolute Gasteiger partial charge is 0.337 e. The highest BCUT2D eigenvalue weighted by molar-refractivity contribution is 7.14. The lowest BCUT2D eigenvalue weighted by Crippen LogP contribution is -2.28. The van der Waals surface area contributed by atoms with E-state index in [1.54, 1.807) is 0 Å². The number of carboxylic acids is 1. The van der Waals surface area contributed by atoms with Crippen LogP contribution in [0.2, 0.25) is 0 Å². The first-order valence-corrected chi connectivity index (χ1v) is 6.47. The number of esters is 1. The molecular formula is C12H14O7S. The fourth-order valence-electron chi connectivity index (χ4n) is 1.41. The number of methoxy groups -OCH3 is 1. The number of rotatable bonds is 7. The van der Waals surface area contributed by atoms with E-state index in [1.807, 2.05) is 0 Å². The molecule has 8 heteroatoms. The molecule has 0 saturated carbocycles. The quantitative estimate of drug-likeness (QED) is 0.491. The zero-order valence-corrected chi connectivity index (χ0v) is 11.4. The van der Waals surface area contributed by atoms with Crippen LogP contribution in [0.25, 0.3) is 0 Å². The van der Waals surface area contributed by atoms with Gasteiger partial charge in [-0.25, -0.2) is 4.79 Å². The second-order valence-corrected chi connectivity index (χ2v) is 5.05. The van der Waals surface area contributed by atoms with Crippen molar-refractivity contribution in [3.8, 4) is 0 Å². The summed E-state index contributed by atoms with van der Waals surface area (Å²) in [6, 6.07) is 2.81. The minimum absolute atomic E-state index is 0.148. The van der Waals surface area contributed by atoms with Crippen LogP contribution in [0.1, 0.15) is 33.5 Å². The van der Waals surface area contributed by atoms with Crippen LogP contribution < -0.4 is 0 Å². The van der Waals surface area contributed by atoms with Gasteiger partial charge in [0.15, 0.2) is 11.9 Å². The lowest BCUT2D eigenvalue weighted by molar-refractivity contribution is -0.156. The third kappa shape index (κ3) is 4.12. The van der Waals surface area contributed by atoms with E-state index in [1.165, 1.54) is 12.1 Å². The summed E-state index contributed by atoms with van der Waals surface area (Å²) in [7, 11) is 1.08. The molecule has 3 N–H and O–H groups in total. The molecule has 0 fully saturated rings. The van der Waals surface area contributed by atoms with Gasteiger partial charge in [-0.1, -0.05) is 0 Å². The fraction of sp³-hybridized carbons (Fsp3) is 0.417. The summed E-state index contributed by atoms with van der Waals surface area (Å²) in [6.45, 7) is 0. The Morgan fingerprint density at radius 1 is 1.25 bits per heavy atom. The van der Waals surface area contributed by atoms with E-state index in [0.717, 1.165) is 18.4 Å². The van der Waals surface area contributed by atoms with E-state index in [9.17, 15) is 24.6 Å². The molecular weight excluding hydrogens is 288 g/mol. The summed E-state index contributed by atoms with van der Waals surface area (Å²) in [4.78, 5) is 33.6. The van der Waals surface area contributed by atoms with Crippen molar-refractivity contribution >= 4 is 29.1 Å². The molecule has 2 unspecified atom stereocenters. The SMILES string of the molecule is COC(=O)C(O)C(O)c1ccc(C(=O)CCC(=O)O)s1. The van der Waals surface area contributed by atoms with Gasteiger partial charge in [0.2, 0.25) is 0 Å². The van der Waals surface area contributed by atoms with E-state index in [-0.39, 0.29) is 28.4 Å². The van der Waals surface area contributed by atoms with Crippen LogP contribution in [0, 0.1) is 0 Å². The summed E-state index contributed by atoms with van der Waals surface area (Å²) >= 11 is 0.897. The van der Waals surface area contributed by atoms with Crippen LogP contribution in [0.4, 0.5) is 0 Å². The topological polar surface area (TPSA) is 121 Å². The number of thiophene rings is 1. The molecule has 1 aromatic heterocycles. The zero-order valence-electron chi connectivity index (χ0n) is 10.6. The van der Waals surface area contributed by atoms with E-state index in [4.69, 9.17) is 5.11 Å². The minimum Gasteiger partial charge on any atom is -0.481 e. The van der Waals surface area contributed by atoms with Crippen LogP contribution in [0.15, 0.2) is 12.1 Å². The maximum Gasteiger partial charge on any atom is 0.337 e. The van der Waals surface area contributed by atoms with Gasteiger partial charge in [-0.2, -0.15) is 0 Å². The largest absolute Gasteiger partial charge is 0.481 e. The molecule has 7 nitrogen and oxygen atoms in total. The van der Waals surface area contributed by atoms with Crippen LogP contribution in [0.3, 0.4) is 0 Å². The van der Waals surface area contributed by atoms with Crippen molar-refractivity contribution in [1.82, 2.24) is 0 Å². The predicted octanol–water partition coefficient (Wildman–Crippen LogP) is 0.363. The standard InChI is InChI=1S/C12H14O7S/c1-19-12(18)11(17)10(16)8-4-3-7(20-8)6(13)2-5-9(14)15/h3-4,10-11,16-17H,2,5H2,1H3,(H,14,15). The number of aliphatic hydroxyl groups is 2. The lowest BCUT2D eigenvalue weighted by atomic mass is 10.1. The van der Waals surface area contributed by atoms with Crippen LogP contribution >= 0.6 is 11.3 Å². The molecule has 0 amide bonds. The highest BCUT2D eigenvalue weighted by Crippen LogP contribution is 2.27. The van der Waals surface area contributed by atoms with Gasteiger partial charge in [0.1, 0.15) is 6.10 Å². The Bertz CT molecular complexity index is 508. The second-order valence-electron chi connectivity index (χ2n) is 3.93. The molecule has 20 heavy (non-hydrogen) atoms. The number of ether oxygens (including phenoxy) is 1. The van der Waals surface area contributed by atoms with E-state index in [0.29, 0.717) is 0 Å². The Morgan fingerprint density at radius 3 is 2.45 bits per heavy atom. The van der Waals surface area contributed by atoms with Gasteiger partial charge in [-0.3, -0.25) is 9.59 Å². The molecule has 0 aromatic carbocycles. The molecule has 0 aliphatic carbocycles. The lowest BCUT2D eigenvalue weighted by Gasteiger charge is -2.13. The summed E-state index contributed by atoms with van der Waals surface area (Å²) in [5.41, 5.74) is 0. The van der Waals surface area contributed by atoms with Crippen molar-refractivity contribution in [2.24, 2.45) is 0 Å². The van der Waals surface area contributed by atoms with Crippen molar-refractivity contribution in [3.05, 3.63) is 21.9 Å². The summed E-state index contributed by atoms with van der Waals surface area (Å²) < 4.78 is 4.30. The van der Waals surface area contributed by atoms with E-state index >= 15 is 0 Å². The normalized spacial score (nSPS) is 13.6. The van der Waals surface area contributed by atoms with Crippen LogP contribution in [-0.2, 0) is 14.3 Å². The van der Waals surface area contributed by atoms with Crippen molar-refractivity contribution in [2.75, 3.05) is 7.11 Å². The Kier molecular flexibility index (Phi) is 5.81. The third-order valence-electron chi connectivity index (χ3n) is 2.50. The first kappa shape index (κ1) is 16.3. The van der Waals surface area contributed by atoms with Gasteiger partial charge in [-0.15, -0.1) is 11.3 Å². The Hall–Kier alpha value is -1.77. The maximum atomic E-state index is 11.7. The molecule has 0 spiro atoms. The average Bonchev–Trinajstić information content (AvgIpc) is 2.91. The molecule has 0 saturated heterocycles. The molecule has 0 aliphatic heterocycles. The van der Waals surface area contributed by atoms with Gasteiger partial charge in [0.25, 0.3) is 0 Å². The van der Waals surface area contributed by atoms with Gasteiger partial charge >= 0.3 is 11.9 Å². The minimum atomic E-state index is -1.74. The number of carbonyl (C=O) groups is 3. The molecule has 0 aliphatic rings. The summed E-state index contributed by atoms with van der Waals surface area (Å²) in [5.74, 6) is -2.43. The molecule has 0 radical (unpaired) electrons. The summed E-state index contributed by atoms with van der Waals surface area (Å²) in [5, 5.41) is 27.7. The van der Waals surface area contributed by atoms with Crippen molar-refractivity contribution in [3.63, 3.8) is 0 Å². The average molecular weight is 302 g/mol. The molecule has 1 heterocycles. The Labute approximate surface area is 118 Å². The number of carboxylic acid groups (broad SMARTS) is 1.